The number of phenolic OH excluding ortho intramolecular Hbond substituents is 4. The highest BCUT2D eigenvalue weighted by molar-refractivity contribution is 6.05. The summed E-state index contributed by atoms with van der Waals surface area (Å²) in [5.74, 6) is -2.86. The number of aromatic hydroxyl groups is 4. The highest BCUT2D eigenvalue weighted by atomic mass is 16.5. The maximum absolute atomic E-state index is 12.3. The second-order valence-corrected chi connectivity index (χ2v) is 5.38. The van der Waals surface area contributed by atoms with Gasteiger partial charge in [-0.2, -0.15) is 0 Å². The van der Waals surface area contributed by atoms with E-state index in [9.17, 15) is 35.4 Å². The number of ether oxygens (including phenoxy) is 1. The molecule has 0 spiro atoms. The third-order valence-corrected chi connectivity index (χ3v) is 3.84. The number of hydrogen-bond donors (Lipinski definition) is 6. The first-order valence-electron chi connectivity index (χ1n) is 6.94. The van der Waals surface area contributed by atoms with Crippen LogP contribution in [0.3, 0.4) is 0 Å². The molecule has 0 radical (unpaired) electrons. The normalized spacial score (nSPS) is 19.7. The standard InChI is InChI=1S/C16H14O8/c17-5-6-1-9(19)10(20)4-8(6)16-15(23)14(22)13-11(21)2-7(18)3-12(13)24-16/h1-4,15-21,23H,5H2. The molecule has 8 heteroatoms. The van der Waals surface area contributed by atoms with Crippen molar-refractivity contribution in [2.24, 2.45) is 0 Å². The second-order valence-electron chi connectivity index (χ2n) is 5.38. The zero-order valence-corrected chi connectivity index (χ0v) is 12.2. The van der Waals surface area contributed by atoms with Gasteiger partial charge in [0.15, 0.2) is 23.7 Å². The minimum absolute atomic E-state index is 0.0853. The molecule has 2 unspecified atom stereocenters. The number of phenols is 4. The van der Waals surface area contributed by atoms with Gasteiger partial charge in [-0.1, -0.05) is 0 Å². The van der Waals surface area contributed by atoms with Crippen molar-refractivity contribution in [3.63, 3.8) is 0 Å². The summed E-state index contributed by atoms with van der Waals surface area (Å²) in [4.78, 5) is 12.3. The summed E-state index contributed by atoms with van der Waals surface area (Å²) in [6.45, 7) is -0.540. The zero-order chi connectivity index (χ0) is 17.6. The van der Waals surface area contributed by atoms with E-state index in [1.807, 2.05) is 0 Å². The summed E-state index contributed by atoms with van der Waals surface area (Å²) in [5.41, 5.74) is -0.0535. The van der Waals surface area contributed by atoms with E-state index in [0.717, 1.165) is 24.3 Å². The van der Waals surface area contributed by atoms with Crippen LogP contribution < -0.4 is 4.74 Å². The Balaban J connectivity index is 2.14. The van der Waals surface area contributed by atoms with Gasteiger partial charge in [-0.25, -0.2) is 0 Å². The number of hydrogen-bond acceptors (Lipinski definition) is 8. The van der Waals surface area contributed by atoms with Crippen LogP contribution in [-0.4, -0.2) is 42.5 Å². The van der Waals surface area contributed by atoms with Gasteiger partial charge in [0.2, 0.25) is 5.78 Å². The lowest BCUT2D eigenvalue weighted by Crippen LogP contribution is -2.36. The molecule has 1 aliphatic rings. The fourth-order valence-electron chi connectivity index (χ4n) is 2.69. The van der Waals surface area contributed by atoms with E-state index in [4.69, 9.17) is 4.74 Å². The lowest BCUT2D eigenvalue weighted by atomic mass is 9.90. The molecule has 2 atom stereocenters. The number of fused-ring (bicyclic) bond motifs is 1. The Morgan fingerprint density at radius 3 is 2.29 bits per heavy atom. The third-order valence-electron chi connectivity index (χ3n) is 3.84. The van der Waals surface area contributed by atoms with Crippen molar-refractivity contribution in [2.75, 3.05) is 0 Å². The predicted octanol–water partition coefficient (Wildman–Crippen LogP) is 0.679. The molecule has 0 bridgehead atoms. The summed E-state index contributed by atoms with van der Waals surface area (Å²) in [7, 11) is 0. The van der Waals surface area contributed by atoms with Crippen molar-refractivity contribution in [2.45, 2.75) is 18.8 Å². The number of carbonyl (C=O) groups excluding carboxylic acids is 1. The molecule has 0 saturated carbocycles. The predicted molar refractivity (Wildman–Crippen MR) is 79.2 cm³/mol. The molecule has 1 heterocycles. The van der Waals surface area contributed by atoms with Crippen LogP contribution in [0, 0.1) is 0 Å². The summed E-state index contributed by atoms with van der Waals surface area (Å²) in [6.07, 6.45) is -3.03. The summed E-state index contributed by atoms with van der Waals surface area (Å²) >= 11 is 0. The number of ketones is 1. The molecule has 24 heavy (non-hydrogen) atoms. The van der Waals surface area contributed by atoms with Crippen LogP contribution >= 0.6 is 0 Å². The summed E-state index contributed by atoms with van der Waals surface area (Å²) in [5, 5.41) is 58.1. The van der Waals surface area contributed by atoms with Crippen molar-refractivity contribution in [3.8, 4) is 28.7 Å². The van der Waals surface area contributed by atoms with E-state index in [0.29, 0.717) is 0 Å². The van der Waals surface area contributed by atoms with Gasteiger partial charge < -0.3 is 35.4 Å². The smallest absolute Gasteiger partial charge is 0.202 e. The van der Waals surface area contributed by atoms with Gasteiger partial charge in [0.05, 0.1) is 6.61 Å². The molecule has 0 saturated heterocycles. The lowest BCUT2D eigenvalue weighted by molar-refractivity contribution is 0.0203. The van der Waals surface area contributed by atoms with Crippen LogP contribution in [0.1, 0.15) is 27.6 Å². The molecule has 8 nitrogen and oxygen atoms in total. The lowest BCUT2D eigenvalue weighted by Gasteiger charge is -2.31. The van der Waals surface area contributed by atoms with Crippen LogP contribution in [0.4, 0.5) is 0 Å². The van der Waals surface area contributed by atoms with E-state index in [-0.39, 0.29) is 28.2 Å². The van der Waals surface area contributed by atoms with Crippen LogP contribution in [-0.2, 0) is 6.61 Å². The first-order chi connectivity index (χ1) is 11.3. The molecule has 3 rings (SSSR count). The Morgan fingerprint density at radius 1 is 0.958 bits per heavy atom. The van der Waals surface area contributed by atoms with Crippen molar-refractivity contribution < 1.29 is 40.2 Å². The minimum Gasteiger partial charge on any atom is -0.508 e. The molecule has 2 aromatic rings. The molecule has 0 aromatic heterocycles. The number of aliphatic hydroxyl groups is 2. The quantitative estimate of drug-likeness (QED) is 0.439. The average Bonchev–Trinajstić information content (AvgIpc) is 2.52. The van der Waals surface area contributed by atoms with Gasteiger partial charge in [-0.15, -0.1) is 0 Å². The Labute approximate surface area is 135 Å². The van der Waals surface area contributed by atoms with Gasteiger partial charge in [0.1, 0.15) is 22.8 Å². The Morgan fingerprint density at radius 2 is 1.62 bits per heavy atom. The van der Waals surface area contributed by atoms with Gasteiger partial charge in [0, 0.05) is 17.7 Å². The van der Waals surface area contributed by atoms with Gasteiger partial charge in [-0.3, -0.25) is 4.79 Å². The van der Waals surface area contributed by atoms with Crippen molar-refractivity contribution in [1.82, 2.24) is 0 Å². The number of rotatable bonds is 2. The molecule has 126 valence electrons. The first kappa shape index (κ1) is 15.9. The topological polar surface area (TPSA) is 148 Å². The van der Waals surface area contributed by atoms with Crippen molar-refractivity contribution in [1.29, 1.82) is 0 Å². The van der Waals surface area contributed by atoms with Crippen LogP contribution in [0.15, 0.2) is 24.3 Å². The maximum Gasteiger partial charge on any atom is 0.202 e. The number of Topliss-reactive ketones (excluding diaryl/α,β-unsaturated/α-hetero) is 1. The number of carbonyl (C=O) groups is 1. The van der Waals surface area contributed by atoms with Crippen LogP contribution in [0.2, 0.25) is 0 Å². The van der Waals surface area contributed by atoms with Gasteiger partial charge in [-0.05, 0) is 17.7 Å². The Hall–Kier alpha value is -2.97. The highest BCUT2D eigenvalue weighted by Gasteiger charge is 2.40. The molecule has 0 fully saturated rings. The van der Waals surface area contributed by atoms with E-state index in [2.05, 4.69) is 0 Å². The molecule has 0 aliphatic carbocycles. The third kappa shape index (κ3) is 2.38. The molecule has 6 N–H and O–H groups in total. The second kappa shape index (κ2) is 5.59. The largest absolute Gasteiger partial charge is 0.508 e. The SMILES string of the molecule is O=C1c2c(O)cc(O)cc2OC(c2cc(O)c(O)cc2CO)C1O. The Kier molecular flexibility index (Phi) is 3.70. The molecular weight excluding hydrogens is 320 g/mol. The molecular formula is C16H14O8. The zero-order valence-electron chi connectivity index (χ0n) is 12.2. The number of aliphatic hydroxyl groups excluding tert-OH is 2. The first-order valence-corrected chi connectivity index (χ1v) is 6.94. The van der Waals surface area contributed by atoms with E-state index in [1.165, 1.54) is 0 Å². The summed E-state index contributed by atoms with van der Waals surface area (Å²) < 4.78 is 5.50. The van der Waals surface area contributed by atoms with Crippen molar-refractivity contribution >= 4 is 5.78 Å². The van der Waals surface area contributed by atoms with Crippen molar-refractivity contribution in [3.05, 3.63) is 41.0 Å². The fourth-order valence-corrected chi connectivity index (χ4v) is 2.69. The van der Waals surface area contributed by atoms with E-state index in [1.54, 1.807) is 0 Å². The number of benzene rings is 2. The molecule has 2 aromatic carbocycles. The molecule has 1 aliphatic heterocycles. The van der Waals surface area contributed by atoms with E-state index >= 15 is 0 Å². The summed E-state index contributed by atoms with van der Waals surface area (Å²) in [6, 6.07) is 4.19. The highest BCUT2D eigenvalue weighted by Crippen LogP contribution is 2.43. The Bertz CT molecular complexity index is 829. The van der Waals surface area contributed by atoms with E-state index < -0.39 is 41.8 Å². The monoisotopic (exact) mass is 334 g/mol. The maximum atomic E-state index is 12.3. The van der Waals surface area contributed by atoms with Crippen LogP contribution in [0.25, 0.3) is 0 Å². The van der Waals surface area contributed by atoms with Crippen LogP contribution in [0.5, 0.6) is 28.7 Å². The minimum atomic E-state index is -1.72. The van der Waals surface area contributed by atoms with Gasteiger partial charge >= 0.3 is 0 Å². The molecule has 0 amide bonds. The average molecular weight is 334 g/mol. The van der Waals surface area contributed by atoms with Gasteiger partial charge in [0.25, 0.3) is 0 Å². The fraction of sp³-hybridized carbons (Fsp3) is 0.188.